The second kappa shape index (κ2) is 6.22. The maximum atomic E-state index is 10.5. The Morgan fingerprint density at radius 2 is 1.88 bits per heavy atom. The van der Waals surface area contributed by atoms with Crippen LogP contribution in [-0.4, -0.2) is 27.0 Å². The van der Waals surface area contributed by atoms with Gasteiger partial charge in [0.2, 0.25) is 0 Å². The van der Waals surface area contributed by atoms with Gasteiger partial charge in [-0.05, 0) is 25.1 Å². The van der Waals surface area contributed by atoms with Crippen LogP contribution in [0.1, 0.15) is 34.6 Å². The topological polar surface area (TPSA) is 35.5 Å². The first kappa shape index (κ1) is 16.2. The van der Waals surface area contributed by atoms with Gasteiger partial charge in [-0.15, -0.1) is 0 Å². The fourth-order valence-electron chi connectivity index (χ4n) is 0.971. The number of rotatable bonds is 3. The molecule has 0 aromatic rings. The highest BCUT2D eigenvalue weighted by Gasteiger charge is 2.38. The molecule has 0 bridgehead atoms. The van der Waals surface area contributed by atoms with E-state index in [1.807, 2.05) is 6.92 Å². The minimum Gasteiger partial charge on any atom is -0.453 e. The van der Waals surface area contributed by atoms with Gasteiger partial charge in [0.05, 0.1) is 0 Å². The standard InChI is InChI=1S/C13H24O3Si/c1-11(9-8-10-15-12(2)14)16-17(6,7)13(3,4)5/h11H,10H2,1-7H3/t11-/m0/s1. The second-order valence-electron chi connectivity index (χ2n) is 5.62. The van der Waals surface area contributed by atoms with Gasteiger partial charge in [-0.3, -0.25) is 4.79 Å². The SMILES string of the molecule is CC(=O)OCC#C[C@H](C)O[Si](C)(C)C(C)(C)C. The van der Waals surface area contributed by atoms with Crippen LogP contribution in [0.15, 0.2) is 0 Å². The Hall–Kier alpha value is -0.793. The van der Waals surface area contributed by atoms with E-state index < -0.39 is 8.32 Å². The summed E-state index contributed by atoms with van der Waals surface area (Å²) in [5, 5.41) is 0.179. The quantitative estimate of drug-likeness (QED) is 0.442. The maximum Gasteiger partial charge on any atom is 0.303 e. The minimum atomic E-state index is -1.76. The number of ether oxygens (including phenoxy) is 1. The molecule has 0 saturated carbocycles. The molecular formula is C13H24O3Si. The van der Waals surface area contributed by atoms with E-state index in [2.05, 4.69) is 45.7 Å². The summed E-state index contributed by atoms with van der Waals surface area (Å²) in [6.07, 6.45) is -0.119. The van der Waals surface area contributed by atoms with Gasteiger partial charge in [0.15, 0.2) is 14.9 Å². The second-order valence-corrected chi connectivity index (χ2v) is 10.4. The average molecular weight is 256 g/mol. The highest BCUT2D eigenvalue weighted by molar-refractivity contribution is 6.74. The molecule has 0 rings (SSSR count). The van der Waals surface area contributed by atoms with Crippen molar-refractivity contribution in [2.45, 2.75) is 58.9 Å². The molecular weight excluding hydrogens is 232 g/mol. The number of esters is 1. The molecule has 0 aromatic heterocycles. The number of carbonyl (C=O) groups is 1. The van der Waals surface area contributed by atoms with Crippen molar-refractivity contribution in [2.24, 2.45) is 0 Å². The van der Waals surface area contributed by atoms with Crippen LogP contribution in [0.4, 0.5) is 0 Å². The van der Waals surface area contributed by atoms with Crippen molar-refractivity contribution in [3.63, 3.8) is 0 Å². The smallest absolute Gasteiger partial charge is 0.303 e. The van der Waals surface area contributed by atoms with E-state index in [1.54, 1.807) is 0 Å². The Kier molecular flexibility index (Phi) is 5.93. The van der Waals surface area contributed by atoms with Gasteiger partial charge in [0.1, 0.15) is 6.10 Å². The van der Waals surface area contributed by atoms with Crippen LogP contribution in [0.2, 0.25) is 18.1 Å². The van der Waals surface area contributed by atoms with Crippen LogP contribution in [0.3, 0.4) is 0 Å². The maximum absolute atomic E-state index is 10.5. The first-order valence-electron chi connectivity index (χ1n) is 5.86. The third kappa shape index (κ3) is 6.50. The van der Waals surface area contributed by atoms with Crippen LogP contribution in [0, 0.1) is 11.8 Å². The molecule has 0 amide bonds. The predicted molar refractivity (Wildman–Crippen MR) is 72.2 cm³/mol. The summed E-state index contributed by atoms with van der Waals surface area (Å²) < 4.78 is 10.8. The van der Waals surface area contributed by atoms with Gasteiger partial charge in [0, 0.05) is 6.92 Å². The molecule has 0 aliphatic heterocycles. The van der Waals surface area contributed by atoms with E-state index in [9.17, 15) is 4.79 Å². The average Bonchev–Trinajstić information content (AvgIpc) is 2.09. The lowest BCUT2D eigenvalue weighted by Crippen LogP contribution is -2.43. The van der Waals surface area contributed by atoms with Gasteiger partial charge >= 0.3 is 5.97 Å². The Morgan fingerprint density at radius 1 is 1.35 bits per heavy atom. The fourth-order valence-corrected chi connectivity index (χ4v) is 2.27. The summed E-state index contributed by atoms with van der Waals surface area (Å²) in [7, 11) is -1.76. The van der Waals surface area contributed by atoms with E-state index in [-0.39, 0.29) is 23.7 Å². The molecule has 0 aliphatic rings. The lowest BCUT2D eigenvalue weighted by atomic mass is 10.2. The molecule has 1 atom stereocenters. The molecule has 0 radical (unpaired) electrons. The zero-order chi connectivity index (χ0) is 13.7. The Labute approximate surface area is 106 Å². The molecule has 17 heavy (non-hydrogen) atoms. The zero-order valence-electron chi connectivity index (χ0n) is 12.0. The third-order valence-corrected chi connectivity index (χ3v) is 7.49. The Bertz CT molecular complexity index is 318. The van der Waals surface area contributed by atoms with Crippen LogP contribution < -0.4 is 0 Å². The lowest BCUT2D eigenvalue weighted by Gasteiger charge is -2.37. The van der Waals surface area contributed by atoms with Crippen molar-refractivity contribution < 1.29 is 14.0 Å². The number of hydrogen-bond acceptors (Lipinski definition) is 3. The molecule has 0 saturated heterocycles. The van der Waals surface area contributed by atoms with E-state index in [4.69, 9.17) is 9.16 Å². The minimum absolute atomic E-state index is 0.119. The molecule has 0 unspecified atom stereocenters. The largest absolute Gasteiger partial charge is 0.453 e. The van der Waals surface area contributed by atoms with Crippen LogP contribution in [-0.2, 0) is 14.0 Å². The van der Waals surface area contributed by atoms with E-state index in [0.29, 0.717) is 0 Å². The number of hydrogen-bond donors (Lipinski definition) is 0. The van der Waals surface area contributed by atoms with Crippen molar-refractivity contribution >= 4 is 14.3 Å². The number of carbonyl (C=O) groups excluding carboxylic acids is 1. The van der Waals surface area contributed by atoms with Crippen molar-refractivity contribution in [2.75, 3.05) is 6.61 Å². The summed E-state index contributed by atoms with van der Waals surface area (Å²) in [5.41, 5.74) is 0. The molecule has 4 heteroatoms. The molecule has 0 heterocycles. The Morgan fingerprint density at radius 3 is 2.29 bits per heavy atom. The monoisotopic (exact) mass is 256 g/mol. The van der Waals surface area contributed by atoms with Crippen molar-refractivity contribution in [1.29, 1.82) is 0 Å². The molecule has 0 spiro atoms. The molecule has 0 N–H and O–H groups in total. The molecule has 0 aromatic carbocycles. The van der Waals surface area contributed by atoms with Gasteiger partial charge in [0.25, 0.3) is 0 Å². The fraction of sp³-hybridized carbons (Fsp3) is 0.769. The third-order valence-electron chi connectivity index (χ3n) is 2.93. The van der Waals surface area contributed by atoms with Gasteiger partial charge in [-0.1, -0.05) is 32.6 Å². The normalized spacial score (nSPS) is 13.6. The summed E-state index contributed by atoms with van der Waals surface area (Å²) in [4.78, 5) is 10.5. The van der Waals surface area contributed by atoms with Gasteiger partial charge in [-0.2, -0.15) is 0 Å². The highest BCUT2D eigenvalue weighted by Crippen LogP contribution is 2.37. The van der Waals surface area contributed by atoms with Crippen LogP contribution in [0.5, 0.6) is 0 Å². The van der Waals surface area contributed by atoms with E-state index in [1.165, 1.54) is 6.92 Å². The first-order valence-corrected chi connectivity index (χ1v) is 8.76. The molecule has 98 valence electrons. The molecule has 0 fully saturated rings. The van der Waals surface area contributed by atoms with Crippen molar-refractivity contribution in [1.82, 2.24) is 0 Å². The summed E-state index contributed by atoms with van der Waals surface area (Å²) >= 11 is 0. The zero-order valence-corrected chi connectivity index (χ0v) is 13.0. The predicted octanol–water partition coefficient (Wildman–Crippen LogP) is 2.96. The lowest BCUT2D eigenvalue weighted by molar-refractivity contribution is -0.139. The Balaban J connectivity index is 4.27. The van der Waals surface area contributed by atoms with Crippen molar-refractivity contribution in [3.8, 4) is 11.8 Å². The molecule has 3 nitrogen and oxygen atoms in total. The first-order chi connectivity index (χ1) is 7.56. The van der Waals surface area contributed by atoms with Crippen LogP contribution in [0.25, 0.3) is 0 Å². The summed E-state index contributed by atoms with van der Waals surface area (Å²) in [6, 6.07) is 0. The van der Waals surface area contributed by atoms with E-state index in [0.717, 1.165) is 0 Å². The van der Waals surface area contributed by atoms with Gasteiger partial charge < -0.3 is 9.16 Å². The summed E-state index contributed by atoms with van der Waals surface area (Å²) in [6.45, 7) is 14.4. The van der Waals surface area contributed by atoms with Gasteiger partial charge in [-0.25, -0.2) is 0 Å². The molecule has 0 aliphatic carbocycles. The summed E-state index contributed by atoms with van der Waals surface area (Å²) in [5.74, 6) is 5.44. The van der Waals surface area contributed by atoms with Crippen LogP contribution >= 0.6 is 0 Å². The van der Waals surface area contributed by atoms with E-state index >= 15 is 0 Å². The highest BCUT2D eigenvalue weighted by atomic mass is 28.4. The van der Waals surface area contributed by atoms with Crippen molar-refractivity contribution in [3.05, 3.63) is 0 Å².